The van der Waals surface area contributed by atoms with E-state index in [-0.39, 0.29) is 5.91 Å². The Morgan fingerprint density at radius 3 is 2.80 bits per heavy atom. The van der Waals surface area contributed by atoms with E-state index >= 15 is 0 Å². The molecule has 1 amide bonds. The van der Waals surface area contributed by atoms with Gasteiger partial charge < -0.3 is 10.6 Å². The summed E-state index contributed by atoms with van der Waals surface area (Å²) in [5.41, 5.74) is 9.91. The summed E-state index contributed by atoms with van der Waals surface area (Å²) in [6.45, 7) is 2.49. The number of hydrogen-bond acceptors (Lipinski definition) is 2. The molecule has 2 aromatic rings. The molecule has 0 radical (unpaired) electrons. The molecule has 102 valence electrons. The Balaban J connectivity index is 1.97. The van der Waals surface area contributed by atoms with Crippen LogP contribution in [0.5, 0.6) is 0 Å². The van der Waals surface area contributed by atoms with Crippen LogP contribution in [0.25, 0.3) is 0 Å². The van der Waals surface area contributed by atoms with Gasteiger partial charge in [0.05, 0.1) is 6.54 Å². The second-order valence-electron chi connectivity index (χ2n) is 5.09. The molecule has 0 unspecified atom stereocenters. The van der Waals surface area contributed by atoms with Crippen molar-refractivity contribution in [3.63, 3.8) is 0 Å². The molecule has 4 heteroatoms. The van der Waals surface area contributed by atoms with Crippen molar-refractivity contribution in [1.29, 1.82) is 0 Å². The van der Waals surface area contributed by atoms with Gasteiger partial charge in [-0.25, -0.2) is 0 Å². The Morgan fingerprint density at radius 2 is 2.05 bits per heavy atom. The summed E-state index contributed by atoms with van der Waals surface area (Å²) in [7, 11) is 0. The van der Waals surface area contributed by atoms with Gasteiger partial charge in [0.2, 0.25) is 5.91 Å². The molecule has 0 saturated heterocycles. The number of amides is 1. The zero-order valence-electron chi connectivity index (χ0n) is 11.1. The molecule has 20 heavy (non-hydrogen) atoms. The summed E-state index contributed by atoms with van der Waals surface area (Å²) in [6.07, 6.45) is 0. The molecular formula is C16H15ClN2O. The van der Waals surface area contributed by atoms with Gasteiger partial charge in [-0.2, -0.15) is 0 Å². The molecule has 1 aliphatic rings. The Morgan fingerprint density at radius 1 is 1.25 bits per heavy atom. The average molecular weight is 287 g/mol. The Labute approximate surface area is 123 Å². The number of fused-ring (bicyclic) bond motifs is 1. The van der Waals surface area contributed by atoms with Crippen LogP contribution in [0.3, 0.4) is 0 Å². The Hall–Kier alpha value is -1.84. The van der Waals surface area contributed by atoms with Crippen molar-refractivity contribution in [3.05, 3.63) is 64.2 Å². The number of aryl methyl sites for hydroxylation is 1. The first kappa shape index (κ1) is 13.2. The van der Waals surface area contributed by atoms with Gasteiger partial charge in [0.15, 0.2) is 0 Å². The number of carbonyl (C=O) groups excluding carboxylic acids is 1. The maximum absolute atomic E-state index is 12.3. The van der Waals surface area contributed by atoms with Crippen molar-refractivity contribution in [2.24, 2.45) is 5.73 Å². The van der Waals surface area contributed by atoms with Gasteiger partial charge >= 0.3 is 0 Å². The van der Waals surface area contributed by atoms with E-state index in [1.54, 1.807) is 4.90 Å². The molecule has 3 nitrogen and oxygen atoms in total. The summed E-state index contributed by atoms with van der Waals surface area (Å²) in [5, 5.41) is 0.669. The number of anilines is 1. The SMILES string of the molecule is Cc1ccc2c(c1)[C@@H](N)C(=O)N2Cc1cccc(Cl)c1. The first-order chi connectivity index (χ1) is 9.56. The molecule has 0 aromatic heterocycles. The summed E-state index contributed by atoms with van der Waals surface area (Å²) < 4.78 is 0. The fourth-order valence-electron chi connectivity index (χ4n) is 2.57. The van der Waals surface area contributed by atoms with Crippen LogP contribution in [0, 0.1) is 6.92 Å². The van der Waals surface area contributed by atoms with Crippen LogP contribution in [0.4, 0.5) is 5.69 Å². The monoisotopic (exact) mass is 286 g/mol. The molecule has 0 spiro atoms. The smallest absolute Gasteiger partial charge is 0.248 e. The fourth-order valence-corrected chi connectivity index (χ4v) is 2.78. The standard InChI is InChI=1S/C16H15ClN2O/c1-10-5-6-14-13(7-10)15(18)16(20)19(14)9-11-3-2-4-12(17)8-11/h2-8,15H,9,18H2,1H3/t15-/m1/s1. The number of nitrogens with two attached hydrogens (primary N) is 1. The van der Waals surface area contributed by atoms with Crippen molar-refractivity contribution in [3.8, 4) is 0 Å². The fraction of sp³-hybridized carbons (Fsp3) is 0.188. The molecule has 0 saturated carbocycles. The van der Waals surface area contributed by atoms with Gasteiger partial charge in [-0.15, -0.1) is 0 Å². The largest absolute Gasteiger partial charge is 0.316 e. The van der Waals surface area contributed by atoms with Crippen molar-refractivity contribution >= 4 is 23.2 Å². The van der Waals surface area contributed by atoms with Crippen molar-refractivity contribution < 1.29 is 4.79 Å². The zero-order valence-corrected chi connectivity index (χ0v) is 11.9. The highest BCUT2D eigenvalue weighted by Crippen LogP contribution is 2.36. The van der Waals surface area contributed by atoms with E-state index in [9.17, 15) is 4.79 Å². The highest BCUT2D eigenvalue weighted by Gasteiger charge is 2.34. The molecule has 3 rings (SSSR count). The average Bonchev–Trinajstić information content (AvgIpc) is 2.64. The number of rotatable bonds is 2. The lowest BCUT2D eigenvalue weighted by atomic mass is 10.1. The van der Waals surface area contributed by atoms with Crippen LogP contribution < -0.4 is 10.6 Å². The van der Waals surface area contributed by atoms with Crippen molar-refractivity contribution in [2.75, 3.05) is 4.90 Å². The molecule has 1 atom stereocenters. The molecule has 1 heterocycles. The van der Waals surface area contributed by atoms with Gasteiger partial charge in [-0.3, -0.25) is 4.79 Å². The van der Waals surface area contributed by atoms with Crippen molar-refractivity contribution in [1.82, 2.24) is 0 Å². The molecule has 2 N–H and O–H groups in total. The summed E-state index contributed by atoms with van der Waals surface area (Å²) in [5.74, 6) is -0.0643. The van der Waals surface area contributed by atoms with Crippen LogP contribution in [-0.2, 0) is 11.3 Å². The lowest BCUT2D eigenvalue weighted by Gasteiger charge is -2.18. The minimum Gasteiger partial charge on any atom is -0.316 e. The second-order valence-corrected chi connectivity index (χ2v) is 5.53. The quantitative estimate of drug-likeness (QED) is 0.921. The maximum Gasteiger partial charge on any atom is 0.248 e. The topological polar surface area (TPSA) is 46.3 Å². The number of halogens is 1. The lowest BCUT2D eigenvalue weighted by molar-refractivity contribution is -0.119. The third-order valence-electron chi connectivity index (χ3n) is 3.57. The van der Waals surface area contributed by atoms with Crippen LogP contribution in [0.15, 0.2) is 42.5 Å². The third kappa shape index (κ3) is 2.19. The summed E-state index contributed by atoms with van der Waals surface area (Å²) in [6, 6.07) is 12.9. The van der Waals surface area contributed by atoms with E-state index < -0.39 is 6.04 Å². The third-order valence-corrected chi connectivity index (χ3v) is 3.81. The lowest BCUT2D eigenvalue weighted by Crippen LogP contribution is -2.31. The second kappa shape index (κ2) is 4.93. The maximum atomic E-state index is 12.3. The number of nitrogens with zero attached hydrogens (tertiary/aromatic N) is 1. The predicted octanol–water partition coefficient (Wildman–Crippen LogP) is 3.20. The minimum absolute atomic E-state index is 0.0643. The summed E-state index contributed by atoms with van der Waals surface area (Å²) >= 11 is 5.99. The van der Waals surface area contributed by atoms with Gasteiger partial charge in [0.25, 0.3) is 0 Å². The van der Waals surface area contributed by atoms with Gasteiger partial charge in [-0.1, -0.05) is 41.4 Å². The van der Waals surface area contributed by atoms with Crippen molar-refractivity contribution in [2.45, 2.75) is 19.5 Å². The minimum atomic E-state index is -0.566. The first-order valence-corrected chi connectivity index (χ1v) is 6.86. The molecule has 0 aliphatic carbocycles. The zero-order chi connectivity index (χ0) is 14.3. The molecule has 2 aromatic carbocycles. The number of benzene rings is 2. The number of carbonyl (C=O) groups is 1. The van der Waals surface area contributed by atoms with E-state index in [1.807, 2.05) is 49.4 Å². The first-order valence-electron chi connectivity index (χ1n) is 6.48. The Bertz CT molecular complexity index is 684. The van der Waals surface area contributed by atoms with E-state index in [2.05, 4.69) is 0 Å². The summed E-state index contributed by atoms with van der Waals surface area (Å²) in [4.78, 5) is 14.1. The van der Waals surface area contributed by atoms with E-state index in [0.717, 1.165) is 22.4 Å². The molecule has 0 fully saturated rings. The molecule has 1 aliphatic heterocycles. The number of hydrogen-bond donors (Lipinski definition) is 1. The Kier molecular flexibility index (Phi) is 3.24. The predicted molar refractivity (Wildman–Crippen MR) is 80.7 cm³/mol. The van der Waals surface area contributed by atoms with Gasteiger partial charge in [0.1, 0.15) is 6.04 Å². The highest BCUT2D eigenvalue weighted by molar-refractivity contribution is 6.30. The van der Waals surface area contributed by atoms with Crippen LogP contribution in [0.2, 0.25) is 5.02 Å². The van der Waals surface area contributed by atoms with Gasteiger partial charge in [-0.05, 0) is 30.7 Å². The molecule has 0 bridgehead atoms. The molecular weight excluding hydrogens is 272 g/mol. The van der Waals surface area contributed by atoms with E-state index in [4.69, 9.17) is 17.3 Å². The van der Waals surface area contributed by atoms with Gasteiger partial charge in [0, 0.05) is 16.3 Å². The van der Waals surface area contributed by atoms with Crippen LogP contribution >= 0.6 is 11.6 Å². The van der Waals surface area contributed by atoms with Crippen LogP contribution in [-0.4, -0.2) is 5.91 Å². The van der Waals surface area contributed by atoms with Crippen LogP contribution in [0.1, 0.15) is 22.7 Å². The van der Waals surface area contributed by atoms with E-state index in [1.165, 1.54) is 0 Å². The highest BCUT2D eigenvalue weighted by atomic mass is 35.5. The van der Waals surface area contributed by atoms with E-state index in [0.29, 0.717) is 11.6 Å². The normalized spacial score (nSPS) is 17.4.